The molecule has 0 saturated carbocycles. The number of methoxy groups -OCH3 is 1. The van der Waals surface area contributed by atoms with Crippen LogP contribution >= 0.6 is 0 Å². The van der Waals surface area contributed by atoms with E-state index < -0.39 is 0 Å². The number of hydrogen-bond donors (Lipinski definition) is 2. The zero-order valence-electron chi connectivity index (χ0n) is 16.3. The molecule has 3 heterocycles. The van der Waals surface area contributed by atoms with Crippen LogP contribution in [-0.2, 0) is 28.9 Å². The van der Waals surface area contributed by atoms with E-state index in [1.165, 1.54) is 0 Å². The van der Waals surface area contributed by atoms with Crippen LogP contribution in [0.15, 0.2) is 36.9 Å². The number of pyridine rings is 1. The highest BCUT2D eigenvalue weighted by atomic mass is 16.5. The highest BCUT2D eigenvalue weighted by Crippen LogP contribution is 2.30. The van der Waals surface area contributed by atoms with Crippen molar-refractivity contribution in [2.24, 2.45) is 0 Å². The van der Waals surface area contributed by atoms with E-state index in [0.717, 1.165) is 47.6 Å². The number of ether oxygens (including phenoxy) is 1. The lowest BCUT2D eigenvalue weighted by molar-refractivity contribution is -0.122. The van der Waals surface area contributed by atoms with Crippen molar-refractivity contribution in [1.82, 2.24) is 30.0 Å². The fraction of sp³-hybridized carbons (Fsp3) is 0.350. The van der Waals surface area contributed by atoms with Gasteiger partial charge in [0.15, 0.2) is 5.82 Å². The maximum atomic E-state index is 11.9. The zero-order chi connectivity index (χ0) is 20.1. The minimum Gasteiger partial charge on any atom is -0.383 e. The lowest BCUT2D eigenvalue weighted by Crippen LogP contribution is -2.30. The Morgan fingerprint density at radius 1 is 1.24 bits per heavy atom. The Kier molecular flexibility index (Phi) is 5.76. The summed E-state index contributed by atoms with van der Waals surface area (Å²) in [6.07, 6.45) is 9.93. The molecule has 0 fully saturated rings. The monoisotopic (exact) mass is 393 g/mol. The van der Waals surface area contributed by atoms with Gasteiger partial charge in [-0.1, -0.05) is 0 Å². The van der Waals surface area contributed by atoms with Gasteiger partial charge in [0.1, 0.15) is 12.4 Å². The maximum absolute atomic E-state index is 11.9. The van der Waals surface area contributed by atoms with Crippen molar-refractivity contribution in [2.75, 3.05) is 25.6 Å². The number of amides is 1. The lowest BCUT2D eigenvalue weighted by Gasteiger charge is -2.11. The fourth-order valence-corrected chi connectivity index (χ4v) is 3.31. The Morgan fingerprint density at radius 3 is 2.93 bits per heavy atom. The van der Waals surface area contributed by atoms with E-state index >= 15 is 0 Å². The van der Waals surface area contributed by atoms with E-state index in [4.69, 9.17) is 14.7 Å². The standard InChI is InChI=1S/C20H23N7O2/c1-29-10-9-22-18(28)13-27-12-15(11-23-27)24-20-16-3-2-4-17(16)25-19(26-20)14-5-7-21-8-6-14/h5-8,11-12H,2-4,9-10,13H2,1H3,(H,22,28)(H,24,25,26). The van der Waals surface area contributed by atoms with Gasteiger partial charge in [0.05, 0.1) is 18.5 Å². The van der Waals surface area contributed by atoms with Crippen molar-refractivity contribution < 1.29 is 9.53 Å². The number of nitrogens with zero attached hydrogens (tertiary/aromatic N) is 5. The molecule has 4 rings (SSSR count). The summed E-state index contributed by atoms with van der Waals surface area (Å²) in [5.74, 6) is 1.36. The normalized spacial score (nSPS) is 12.6. The highest BCUT2D eigenvalue weighted by Gasteiger charge is 2.20. The smallest absolute Gasteiger partial charge is 0.241 e. The third-order valence-corrected chi connectivity index (χ3v) is 4.70. The first kappa shape index (κ1) is 19.0. The molecular formula is C20H23N7O2. The van der Waals surface area contributed by atoms with Gasteiger partial charge in [-0.15, -0.1) is 0 Å². The molecule has 0 aromatic carbocycles. The van der Waals surface area contributed by atoms with Crippen molar-refractivity contribution in [2.45, 2.75) is 25.8 Å². The third-order valence-electron chi connectivity index (χ3n) is 4.70. The molecule has 29 heavy (non-hydrogen) atoms. The van der Waals surface area contributed by atoms with Crippen molar-refractivity contribution in [3.05, 3.63) is 48.2 Å². The first-order chi connectivity index (χ1) is 14.2. The van der Waals surface area contributed by atoms with Gasteiger partial charge in [0.25, 0.3) is 0 Å². The highest BCUT2D eigenvalue weighted by molar-refractivity contribution is 5.75. The van der Waals surface area contributed by atoms with E-state index in [0.29, 0.717) is 19.0 Å². The summed E-state index contributed by atoms with van der Waals surface area (Å²) in [5, 5.41) is 10.4. The average Bonchev–Trinajstić information content (AvgIpc) is 3.38. The van der Waals surface area contributed by atoms with E-state index in [-0.39, 0.29) is 12.5 Å². The molecule has 0 atom stereocenters. The lowest BCUT2D eigenvalue weighted by atomic mass is 10.2. The minimum absolute atomic E-state index is 0.111. The summed E-state index contributed by atoms with van der Waals surface area (Å²) in [6.45, 7) is 1.11. The first-order valence-corrected chi connectivity index (χ1v) is 9.58. The van der Waals surface area contributed by atoms with Crippen LogP contribution in [0.4, 0.5) is 11.5 Å². The van der Waals surface area contributed by atoms with Gasteiger partial charge in [-0.25, -0.2) is 9.97 Å². The Labute approximate surface area is 168 Å². The molecule has 9 heteroatoms. The van der Waals surface area contributed by atoms with Gasteiger partial charge in [-0.3, -0.25) is 14.5 Å². The van der Waals surface area contributed by atoms with Crippen molar-refractivity contribution in [1.29, 1.82) is 0 Å². The zero-order valence-corrected chi connectivity index (χ0v) is 16.3. The molecule has 1 aliphatic carbocycles. The predicted octanol–water partition coefficient (Wildman–Crippen LogP) is 1.73. The molecule has 1 aliphatic rings. The maximum Gasteiger partial charge on any atom is 0.241 e. The molecule has 9 nitrogen and oxygen atoms in total. The number of carbonyl (C=O) groups is 1. The summed E-state index contributed by atoms with van der Waals surface area (Å²) < 4.78 is 6.52. The second-order valence-electron chi connectivity index (χ2n) is 6.80. The molecule has 0 saturated heterocycles. The van der Waals surface area contributed by atoms with Crippen molar-refractivity contribution in [3.63, 3.8) is 0 Å². The predicted molar refractivity (Wildman–Crippen MR) is 108 cm³/mol. The van der Waals surface area contributed by atoms with Crippen LogP contribution < -0.4 is 10.6 Å². The van der Waals surface area contributed by atoms with Gasteiger partial charge in [0, 0.05) is 49.1 Å². The first-order valence-electron chi connectivity index (χ1n) is 9.58. The summed E-state index contributed by atoms with van der Waals surface area (Å²) in [6, 6.07) is 3.81. The van der Waals surface area contributed by atoms with Gasteiger partial charge >= 0.3 is 0 Å². The van der Waals surface area contributed by atoms with Gasteiger partial charge < -0.3 is 15.4 Å². The second kappa shape index (κ2) is 8.78. The van der Waals surface area contributed by atoms with Gasteiger partial charge in [-0.05, 0) is 31.4 Å². The van der Waals surface area contributed by atoms with E-state index in [9.17, 15) is 4.79 Å². The molecule has 150 valence electrons. The summed E-state index contributed by atoms with van der Waals surface area (Å²) >= 11 is 0. The van der Waals surface area contributed by atoms with E-state index in [1.807, 2.05) is 12.1 Å². The Balaban J connectivity index is 1.50. The number of carbonyl (C=O) groups excluding carboxylic acids is 1. The molecule has 0 aliphatic heterocycles. The molecule has 1 amide bonds. The number of hydrogen-bond acceptors (Lipinski definition) is 7. The molecule has 3 aromatic heterocycles. The number of nitrogens with one attached hydrogen (secondary N) is 2. The van der Waals surface area contributed by atoms with Crippen molar-refractivity contribution >= 4 is 17.4 Å². The molecule has 0 unspecified atom stereocenters. The van der Waals surface area contributed by atoms with Crippen LogP contribution in [0.1, 0.15) is 17.7 Å². The van der Waals surface area contributed by atoms with Gasteiger partial charge in [-0.2, -0.15) is 5.10 Å². The SMILES string of the molecule is COCCNC(=O)Cn1cc(Nc2nc(-c3ccncc3)nc3c2CCC3)cn1. The average molecular weight is 393 g/mol. The van der Waals surface area contributed by atoms with Crippen LogP contribution in [-0.4, -0.2) is 50.9 Å². The second-order valence-corrected chi connectivity index (χ2v) is 6.80. The Hall–Kier alpha value is -3.33. The van der Waals surface area contributed by atoms with E-state index in [2.05, 4.69) is 20.7 Å². The summed E-state index contributed by atoms with van der Waals surface area (Å²) in [7, 11) is 1.60. The number of rotatable bonds is 8. The Morgan fingerprint density at radius 2 is 2.10 bits per heavy atom. The van der Waals surface area contributed by atoms with Crippen LogP contribution in [0.3, 0.4) is 0 Å². The van der Waals surface area contributed by atoms with Crippen LogP contribution in [0.2, 0.25) is 0 Å². The van der Waals surface area contributed by atoms with Gasteiger partial charge in [0.2, 0.25) is 5.91 Å². The summed E-state index contributed by atoms with van der Waals surface area (Å²) in [4.78, 5) is 25.5. The van der Waals surface area contributed by atoms with E-state index in [1.54, 1.807) is 36.6 Å². The molecule has 0 spiro atoms. The number of fused-ring (bicyclic) bond motifs is 1. The quantitative estimate of drug-likeness (QED) is 0.561. The molecule has 0 bridgehead atoms. The summed E-state index contributed by atoms with van der Waals surface area (Å²) in [5.41, 5.74) is 3.94. The van der Waals surface area contributed by atoms with Crippen molar-refractivity contribution in [3.8, 4) is 11.4 Å². The molecule has 3 aromatic rings. The molecule has 0 radical (unpaired) electrons. The number of aromatic nitrogens is 5. The minimum atomic E-state index is -0.111. The van der Waals surface area contributed by atoms with Crippen LogP contribution in [0, 0.1) is 0 Å². The number of aryl methyl sites for hydroxylation is 1. The topological polar surface area (TPSA) is 107 Å². The third kappa shape index (κ3) is 4.57. The number of anilines is 2. The Bertz CT molecular complexity index is 988. The van der Waals surface area contributed by atoms with Crippen LogP contribution in [0.25, 0.3) is 11.4 Å². The largest absolute Gasteiger partial charge is 0.383 e. The van der Waals surface area contributed by atoms with Crippen LogP contribution in [0.5, 0.6) is 0 Å². The molecular weight excluding hydrogens is 370 g/mol. The fourth-order valence-electron chi connectivity index (χ4n) is 3.31. The molecule has 2 N–H and O–H groups in total.